The molecule has 2 aromatic rings. The van der Waals surface area contributed by atoms with E-state index in [2.05, 4.69) is 28.9 Å². The van der Waals surface area contributed by atoms with E-state index in [0.29, 0.717) is 6.61 Å². The molecule has 0 radical (unpaired) electrons. The second-order valence-electron chi connectivity index (χ2n) is 4.39. The molecule has 0 aliphatic heterocycles. The summed E-state index contributed by atoms with van der Waals surface area (Å²) in [7, 11) is 1.67. The van der Waals surface area contributed by atoms with Crippen LogP contribution in [0.4, 0.5) is 0 Å². The number of hydrogen-bond donors (Lipinski definition) is 1. The summed E-state index contributed by atoms with van der Waals surface area (Å²) in [4.78, 5) is 1.41. The second-order valence-corrected chi connectivity index (χ2v) is 5.42. The zero-order valence-electron chi connectivity index (χ0n) is 12.0. The van der Waals surface area contributed by atoms with Crippen molar-refractivity contribution in [2.24, 2.45) is 0 Å². The van der Waals surface area contributed by atoms with Gasteiger partial charge in [-0.05, 0) is 30.9 Å². The molecule has 0 aliphatic rings. The Morgan fingerprint density at radius 1 is 1.20 bits per heavy atom. The molecule has 2 rings (SSSR count). The number of nitrogens with one attached hydrogen (secondary N) is 1. The predicted molar refractivity (Wildman–Crippen MR) is 83.9 cm³/mol. The predicted octanol–water partition coefficient (Wildman–Crippen LogP) is 3.49. The molecule has 0 spiro atoms. The summed E-state index contributed by atoms with van der Waals surface area (Å²) in [6, 6.07) is 10.3. The Hall–Kier alpha value is -1.52. The molecule has 20 heavy (non-hydrogen) atoms. The van der Waals surface area contributed by atoms with Crippen molar-refractivity contribution in [3.63, 3.8) is 0 Å². The highest BCUT2D eigenvalue weighted by Crippen LogP contribution is 2.30. The average molecular weight is 291 g/mol. The van der Waals surface area contributed by atoms with Gasteiger partial charge in [-0.1, -0.05) is 18.2 Å². The second kappa shape index (κ2) is 7.92. The Balaban J connectivity index is 1.91. The molecular formula is C16H21NO2S. The van der Waals surface area contributed by atoms with Gasteiger partial charge in [0.25, 0.3) is 0 Å². The molecule has 0 atom stereocenters. The van der Waals surface area contributed by atoms with E-state index < -0.39 is 0 Å². The van der Waals surface area contributed by atoms with E-state index in [1.165, 1.54) is 4.88 Å². The Kier molecular flexibility index (Phi) is 5.89. The van der Waals surface area contributed by atoms with Crippen LogP contribution < -0.4 is 14.8 Å². The van der Waals surface area contributed by atoms with Crippen LogP contribution in [0.3, 0.4) is 0 Å². The van der Waals surface area contributed by atoms with E-state index in [-0.39, 0.29) is 0 Å². The quantitative estimate of drug-likeness (QED) is 0.755. The zero-order valence-corrected chi connectivity index (χ0v) is 12.8. The summed E-state index contributed by atoms with van der Waals surface area (Å²) in [5, 5.41) is 5.58. The summed E-state index contributed by atoms with van der Waals surface area (Å²) in [6.07, 6.45) is 1.06. The molecule has 0 saturated carbocycles. The largest absolute Gasteiger partial charge is 0.493 e. The van der Waals surface area contributed by atoms with Gasteiger partial charge >= 0.3 is 0 Å². The normalized spacial score (nSPS) is 10.5. The fraction of sp³-hybridized carbons (Fsp3) is 0.375. The van der Waals surface area contributed by atoms with Crippen LogP contribution in [0.15, 0.2) is 35.7 Å². The maximum Gasteiger partial charge on any atom is 0.165 e. The number of thiophene rings is 1. The van der Waals surface area contributed by atoms with Crippen LogP contribution in [-0.4, -0.2) is 20.3 Å². The van der Waals surface area contributed by atoms with Crippen LogP contribution >= 0.6 is 11.3 Å². The van der Waals surface area contributed by atoms with Crippen molar-refractivity contribution in [3.05, 3.63) is 46.2 Å². The molecule has 0 aliphatic carbocycles. The van der Waals surface area contributed by atoms with Crippen LogP contribution in [0.5, 0.6) is 11.5 Å². The van der Waals surface area contributed by atoms with Gasteiger partial charge in [0.2, 0.25) is 0 Å². The van der Waals surface area contributed by atoms with Crippen molar-refractivity contribution in [2.45, 2.75) is 19.9 Å². The summed E-state index contributed by atoms with van der Waals surface area (Å²) in [5.41, 5.74) is 1.14. The summed E-state index contributed by atoms with van der Waals surface area (Å²) in [6.45, 7) is 4.38. The zero-order chi connectivity index (χ0) is 14.2. The van der Waals surface area contributed by atoms with E-state index in [0.717, 1.165) is 36.6 Å². The van der Waals surface area contributed by atoms with Crippen LogP contribution in [-0.2, 0) is 13.0 Å². The molecule has 0 saturated heterocycles. The lowest BCUT2D eigenvalue weighted by molar-refractivity contribution is 0.307. The van der Waals surface area contributed by atoms with Gasteiger partial charge in [0.05, 0.1) is 13.7 Å². The van der Waals surface area contributed by atoms with E-state index in [1.807, 2.05) is 19.1 Å². The summed E-state index contributed by atoms with van der Waals surface area (Å²) in [5.74, 6) is 1.64. The Bertz CT molecular complexity index is 511. The highest BCUT2D eigenvalue weighted by atomic mass is 32.1. The Morgan fingerprint density at radius 2 is 2.10 bits per heavy atom. The van der Waals surface area contributed by atoms with Crippen molar-refractivity contribution in [2.75, 3.05) is 20.3 Å². The molecule has 3 nitrogen and oxygen atoms in total. The van der Waals surface area contributed by atoms with Crippen LogP contribution in [0, 0.1) is 0 Å². The fourth-order valence-electron chi connectivity index (χ4n) is 2.06. The maximum atomic E-state index is 5.70. The minimum Gasteiger partial charge on any atom is -0.493 e. The molecule has 1 aromatic carbocycles. The minimum absolute atomic E-state index is 0.641. The number of ether oxygens (including phenoxy) is 2. The van der Waals surface area contributed by atoms with E-state index >= 15 is 0 Å². The molecule has 0 amide bonds. The molecule has 0 fully saturated rings. The van der Waals surface area contributed by atoms with Crippen molar-refractivity contribution in [1.29, 1.82) is 0 Å². The summed E-state index contributed by atoms with van der Waals surface area (Å²) >= 11 is 1.80. The van der Waals surface area contributed by atoms with Gasteiger partial charge in [-0.15, -0.1) is 11.3 Å². The van der Waals surface area contributed by atoms with E-state index in [1.54, 1.807) is 18.4 Å². The van der Waals surface area contributed by atoms with E-state index in [4.69, 9.17) is 9.47 Å². The average Bonchev–Trinajstić information content (AvgIpc) is 2.98. The molecular weight excluding hydrogens is 270 g/mol. The van der Waals surface area contributed by atoms with Gasteiger partial charge in [-0.25, -0.2) is 0 Å². The number of benzene rings is 1. The first-order chi connectivity index (χ1) is 9.85. The molecule has 1 heterocycles. The van der Waals surface area contributed by atoms with Crippen LogP contribution in [0.25, 0.3) is 0 Å². The van der Waals surface area contributed by atoms with Crippen LogP contribution in [0.1, 0.15) is 17.4 Å². The SMILES string of the molecule is CCOc1c(CNCCc2cccs2)cccc1OC. The van der Waals surface area contributed by atoms with Crippen molar-refractivity contribution in [3.8, 4) is 11.5 Å². The van der Waals surface area contributed by atoms with Gasteiger partial charge in [-0.3, -0.25) is 0 Å². The third kappa shape index (κ3) is 3.99. The van der Waals surface area contributed by atoms with Gasteiger partial charge < -0.3 is 14.8 Å². The molecule has 4 heteroatoms. The smallest absolute Gasteiger partial charge is 0.165 e. The van der Waals surface area contributed by atoms with Crippen molar-refractivity contribution in [1.82, 2.24) is 5.32 Å². The maximum absolute atomic E-state index is 5.70. The number of hydrogen-bond acceptors (Lipinski definition) is 4. The first kappa shape index (κ1) is 14.9. The minimum atomic E-state index is 0.641. The van der Waals surface area contributed by atoms with Gasteiger partial charge in [-0.2, -0.15) is 0 Å². The fourth-order valence-corrected chi connectivity index (χ4v) is 2.77. The lowest BCUT2D eigenvalue weighted by Gasteiger charge is -2.14. The number of methoxy groups -OCH3 is 1. The Morgan fingerprint density at radius 3 is 2.80 bits per heavy atom. The standard InChI is InChI=1S/C16H21NO2S/c1-3-19-16-13(6-4-8-15(16)18-2)12-17-10-9-14-7-5-11-20-14/h4-8,11,17H,3,9-10,12H2,1-2H3. The highest BCUT2D eigenvalue weighted by Gasteiger charge is 2.09. The third-order valence-corrected chi connectivity index (χ3v) is 3.95. The lowest BCUT2D eigenvalue weighted by Crippen LogP contribution is -2.17. The summed E-state index contributed by atoms with van der Waals surface area (Å²) < 4.78 is 11.1. The molecule has 108 valence electrons. The lowest BCUT2D eigenvalue weighted by atomic mass is 10.2. The van der Waals surface area contributed by atoms with Crippen molar-refractivity contribution < 1.29 is 9.47 Å². The number of rotatable bonds is 8. The van der Waals surface area contributed by atoms with Crippen molar-refractivity contribution >= 4 is 11.3 Å². The highest BCUT2D eigenvalue weighted by molar-refractivity contribution is 7.09. The molecule has 1 aromatic heterocycles. The molecule has 0 unspecified atom stereocenters. The van der Waals surface area contributed by atoms with Gasteiger partial charge in [0.1, 0.15) is 0 Å². The van der Waals surface area contributed by atoms with Crippen LogP contribution in [0.2, 0.25) is 0 Å². The third-order valence-electron chi connectivity index (χ3n) is 3.01. The number of para-hydroxylation sites is 1. The first-order valence-corrected chi connectivity index (χ1v) is 7.75. The molecule has 1 N–H and O–H groups in total. The molecule has 0 bridgehead atoms. The van der Waals surface area contributed by atoms with E-state index in [9.17, 15) is 0 Å². The van der Waals surface area contributed by atoms with Gasteiger partial charge in [0, 0.05) is 23.5 Å². The monoisotopic (exact) mass is 291 g/mol. The first-order valence-electron chi connectivity index (χ1n) is 6.87. The van der Waals surface area contributed by atoms with Gasteiger partial charge in [0.15, 0.2) is 11.5 Å². The Labute approximate surface area is 124 Å². The topological polar surface area (TPSA) is 30.5 Å².